The zero-order valence-corrected chi connectivity index (χ0v) is 21.7. The van der Waals surface area contributed by atoms with Gasteiger partial charge in [0.25, 0.3) is 5.91 Å². The lowest BCUT2D eigenvalue weighted by molar-refractivity contribution is 0.0947. The summed E-state index contributed by atoms with van der Waals surface area (Å²) >= 11 is 0. The predicted octanol–water partition coefficient (Wildman–Crippen LogP) is 0.769. The first-order valence-electron chi connectivity index (χ1n) is 11.9. The third-order valence-corrected chi connectivity index (χ3v) is 5.61. The van der Waals surface area contributed by atoms with Gasteiger partial charge in [-0.2, -0.15) is 5.10 Å². The van der Waals surface area contributed by atoms with Crippen molar-refractivity contribution < 1.29 is 14.3 Å². The van der Waals surface area contributed by atoms with Crippen LogP contribution in [0.3, 0.4) is 0 Å². The van der Waals surface area contributed by atoms with Gasteiger partial charge >= 0.3 is 6.03 Å². The van der Waals surface area contributed by atoms with Crippen molar-refractivity contribution in [3.63, 3.8) is 0 Å². The van der Waals surface area contributed by atoms with Gasteiger partial charge in [-0.1, -0.05) is 25.2 Å². The summed E-state index contributed by atoms with van der Waals surface area (Å²) in [7, 11) is 20.0. The first-order chi connectivity index (χ1) is 18.0. The summed E-state index contributed by atoms with van der Waals surface area (Å²) in [5.41, 5.74) is 1.18. The van der Waals surface area contributed by atoms with Crippen LogP contribution in [0, 0.1) is 5.92 Å². The molecule has 3 aromatic rings. The fourth-order valence-electron chi connectivity index (χ4n) is 4.08. The molecular formula is C23H26B3N9O3. The van der Waals surface area contributed by atoms with Gasteiger partial charge in [-0.25, -0.2) is 9.78 Å². The van der Waals surface area contributed by atoms with E-state index < -0.39 is 11.1 Å². The predicted molar refractivity (Wildman–Crippen MR) is 145 cm³/mol. The molecule has 2 N–H and O–H groups in total. The third kappa shape index (κ3) is 5.92. The van der Waals surface area contributed by atoms with Crippen LogP contribution in [0.15, 0.2) is 30.6 Å². The molecule has 0 saturated carbocycles. The first-order valence-corrected chi connectivity index (χ1v) is 11.9. The first kappa shape index (κ1) is 27.0. The van der Waals surface area contributed by atoms with E-state index in [1.54, 1.807) is 47.2 Å². The Morgan fingerprint density at radius 3 is 2.58 bits per heavy atom. The molecule has 1 saturated heterocycles. The maximum atomic E-state index is 13.0. The molecular weight excluding hydrogens is 483 g/mol. The molecule has 15 heteroatoms. The maximum absolute atomic E-state index is 13.0. The lowest BCUT2D eigenvalue weighted by Gasteiger charge is -2.23. The summed E-state index contributed by atoms with van der Waals surface area (Å²) in [5.74, 6) is 0.683. The Kier molecular flexibility index (Phi) is 7.65. The lowest BCUT2D eigenvalue weighted by atomic mass is 9.49. The van der Waals surface area contributed by atoms with E-state index in [9.17, 15) is 9.59 Å². The Morgan fingerprint density at radius 2 is 1.95 bits per heavy atom. The molecule has 3 amide bonds. The zero-order valence-electron chi connectivity index (χ0n) is 21.7. The number of anilines is 3. The van der Waals surface area contributed by atoms with Crippen LogP contribution >= 0.6 is 0 Å². The van der Waals surface area contributed by atoms with Gasteiger partial charge in [-0.3, -0.25) is 14.4 Å². The molecule has 4 rings (SSSR count). The minimum absolute atomic E-state index is 0.145. The van der Waals surface area contributed by atoms with Crippen molar-refractivity contribution in [2.24, 2.45) is 13.0 Å². The SMILES string of the molecule is [B]C([B])([B])NC(=O)c1nnc(N2CCN(CC(C)C)C2=O)cc1Nc1cccc(-c2ncn(C)n2)c1OC. The quantitative estimate of drug-likeness (QED) is 0.405. The van der Waals surface area contributed by atoms with Crippen molar-refractivity contribution in [3.8, 4) is 17.1 Å². The van der Waals surface area contributed by atoms with E-state index in [4.69, 9.17) is 28.3 Å². The van der Waals surface area contributed by atoms with Crippen molar-refractivity contribution in [2.75, 3.05) is 37.0 Å². The minimum atomic E-state index is -1.99. The summed E-state index contributed by atoms with van der Waals surface area (Å²) in [5, 5.41) is 16.0. The zero-order chi connectivity index (χ0) is 27.6. The van der Waals surface area contributed by atoms with Crippen LogP contribution in [0.25, 0.3) is 11.4 Å². The number of hydrogen-bond donors (Lipinski definition) is 2. The van der Waals surface area contributed by atoms with E-state index in [-0.39, 0.29) is 23.2 Å². The smallest absolute Gasteiger partial charge is 0.325 e. The molecule has 12 nitrogen and oxygen atoms in total. The molecule has 0 bridgehead atoms. The van der Waals surface area contributed by atoms with Crippen molar-refractivity contribution in [2.45, 2.75) is 19.1 Å². The van der Waals surface area contributed by atoms with E-state index in [0.29, 0.717) is 48.4 Å². The number of hydrogen-bond acceptors (Lipinski definition) is 8. The number of para-hydroxylation sites is 1. The number of aryl methyl sites for hydroxylation is 1. The highest BCUT2D eigenvalue weighted by Crippen LogP contribution is 2.37. The maximum Gasteiger partial charge on any atom is 0.325 e. The second-order valence-corrected chi connectivity index (χ2v) is 9.38. The van der Waals surface area contributed by atoms with Gasteiger partial charge in [-0.05, 0) is 18.1 Å². The standard InChI is InChI=1S/C23H26B3N9O3/c1-13(2)11-34-8-9-35(22(34)37)17-10-16(18(31-30-17)21(36)29-23(24,25)26)28-15-7-5-6-14(19(15)38-4)20-27-12-33(3)32-20/h5-7,10,12-13H,8-9,11H2,1-4H3,(H,28,30)(H,29,36). The van der Waals surface area contributed by atoms with Gasteiger partial charge in [0.05, 0.1) is 47.6 Å². The van der Waals surface area contributed by atoms with Crippen LogP contribution in [0.4, 0.5) is 22.0 Å². The normalized spacial score (nSPS) is 13.8. The number of nitrogens with zero attached hydrogens (tertiary/aromatic N) is 7. The lowest BCUT2D eigenvalue weighted by Crippen LogP contribution is -2.50. The van der Waals surface area contributed by atoms with Gasteiger partial charge in [0.2, 0.25) is 0 Å². The van der Waals surface area contributed by atoms with Crippen molar-refractivity contribution in [3.05, 3.63) is 36.3 Å². The summed E-state index contributed by atoms with van der Waals surface area (Å²) in [6, 6.07) is 6.69. The Bertz CT molecular complexity index is 1340. The summed E-state index contributed by atoms with van der Waals surface area (Å²) in [6.07, 6.45) is 1.57. The fourth-order valence-corrected chi connectivity index (χ4v) is 4.08. The number of nitrogens with one attached hydrogen (secondary N) is 2. The molecule has 0 unspecified atom stereocenters. The van der Waals surface area contributed by atoms with Crippen molar-refractivity contribution >= 4 is 52.7 Å². The second-order valence-electron chi connectivity index (χ2n) is 9.38. The van der Waals surface area contributed by atoms with Gasteiger partial charge < -0.3 is 20.3 Å². The van der Waals surface area contributed by atoms with Crippen molar-refractivity contribution in [1.82, 2.24) is 35.2 Å². The van der Waals surface area contributed by atoms with Crippen LogP contribution in [0.5, 0.6) is 5.75 Å². The van der Waals surface area contributed by atoms with E-state index in [2.05, 4.69) is 30.9 Å². The second kappa shape index (κ2) is 10.8. The number of benzene rings is 1. The number of methoxy groups -OCH3 is 1. The highest BCUT2D eigenvalue weighted by atomic mass is 16.5. The average Bonchev–Trinajstić information content (AvgIpc) is 3.43. The Balaban J connectivity index is 1.74. The van der Waals surface area contributed by atoms with Crippen LogP contribution < -0.4 is 20.3 Å². The molecule has 0 atom stereocenters. The van der Waals surface area contributed by atoms with E-state index in [0.717, 1.165) is 0 Å². The Morgan fingerprint density at radius 1 is 1.18 bits per heavy atom. The molecule has 38 heavy (non-hydrogen) atoms. The molecule has 1 aliphatic heterocycles. The van der Waals surface area contributed by atoms with Gasteiger partial charge in [-0.15, -0.1) is 10.2 Å². The number of rotatable bonds is 9. The molecule has 3 heterocycles. The van der Waals surface area contributed by atoms with Gasteiger partial charge in [0, 0.05) is 32.7 Å². The monoisotopic (exact) mass is 509 g/mol. The molecule has 190 valence electrons. The average molecular weight is 509 g/mol. The van der Waals surface area contributed by atoms with Crippen LogP contribution in [-0.4, -0.2) is 97.3 Å². The number of aromatic nitrogens is 5. The summed E-state index contributed by atoms with van der Waals surface area (Å²) in [4.78, 5) is 33.5. The van der Waals surface area contributed by atoms with Crippen molar-refractivity contribution in [1.29, 1.82) is 0 Å². The highest BCUT2D eigenvalue weighted by molar-refractivity contribution is 6.60. The van der Waals surface area contributed by atoms with E-state index >= 15 is 0 Å². The van der Waals surface area contributed by atoms with Crippen LogP contribution in [0.1, 0.15) is 24.3 Å². The van der Waals surface area contributed by atoms with Crippen LogP contribution in [0.2, 0.25) is 0 Å². The van der Waals surface area contributed by atoms with Gasteiger partial charge in [0.15, 0.2) is 23.1 Å². The Labute approximate surface area is 224 Å². The molecule has 0 aliphatic carbocycles. The minimum Gasteiger partial charge on any atom is -0.494 e. The molecule has 2 aromatic heterocycles. The fraction of sp³-hybridized carbons (Fsp3) is 0.391. The van der Waals surface area contributed by atoms with Crippen LogP contribution in [-0.2, 0) is 7.05 Å². The topological polar surface area (TPSA) is 130 Å². The Hall–Kier alpha value is -4.03. The molecule has 1 aliphatic rings. The third-order valence-electron chi connectivity index (χ3n) is 5.61. The molecule has 6 radical (unpaired) electrons. The number of ether oxygens (including phenoxy) is 1. The van der Waals surface area contributed by atoms with E-state index in [1.807, 2.05) is 13.8 Å². The number of amides is 3. The largest absolute Gasteiger partial charge is 0.494 e. The number of urea groups is 1. The van der Waals surface area contributed by atoms with Gasteiger partial charge in [0.1, 0.15) is 6.33 Å². The number of carbonyl (C=O) groups is 2. The van der Waals surface area contributed by atoms with E-state index in [1.165, 1.54) is 12.0 Å². The summed E-state index contributed by atoms with van der Waals surface area (Å²) < 4.78 is 7.25. The summed E-state index contributed by atoms with van der Waals surface area (Å²) in [6.45, 7) is 5.67. The highest BCUT2D eigenvalue weighted by Gasteiger charge is 2.32. The molecule has 1 aromatic carbocycles. The number of carbonyl (C=O) groups excluding carboxylic acids is 2. The molecule has 1 fully saturated rings. The molecule has 0 spiro atoms.